The highest BCUT2D eigenvalue weighted by Crippen LogP contribution is 2.44. The van der Waals surface area contributed by atoms with Gasteiger partial charge in [0.2, 0.25) is 5.95 Å². The number of nitrogens with one attached hydrogen (secondary N) is 1. The van der Waals surface area contributed by atoms with Crippen LogP contribution in [0.25, 0.3) is 27.8 Å². The van der Waals surface area contributed by atoms with Crippen molar-refractivity contribution in [3.05, 3.63) is 83.1 Å². The van der Waals surface area contributed by atoms with Crippen LogP contribution >= 0.6 is 0 Å². The summed E-state index contributed by atoms with van der Waals surface area (Å²) in [6.07, 6.45) is 11.0. The summed E-state index contributed by atoms with van der Waals surface area (Å²) in [5.41, 5.74) is 2.08. The molecule has 4 heterocycles. The van der Waals surface area contributed by atoms with Crippen molar-refractivity contribution in [2.75, 3.05) is 26.0 Å². The Balaban J connectivity index is 1.29. The molecule has 0 spiro atoms. The van der Waals surface area contributed by atoms with Gasteiger partial charge in [-0.3, -0.25) is 4.79 Å². The summed E-state index contributed by atoms with van der Waals surface area (Å²) in [6, 6.07) is 13.8. The topological polar surface area (TPSA) is 106 Å². The van der Waals surface area contributed by atoms with E-state index in [2.05, 4.69) is 70.4 Å². The molecule has 4 aromatic heterocycles. The van der Waals surface area contributed by atoms with Crippen LogP contribution in [0.2, 0.25) is 0 Å². The third-order valence-electron chi connectivity index (χ3n) is 7.89. The lowest BCUT2D eigenvalue weighted by Crippen LogP contribution is -2.26. The number of anilines is 2. The number of allylic oxidation sites excluding steroid dienone is 2. The standard InChI is InChI=1S/C30H32N8O2/c1-35(2)16-17-36-15-12-20-18-21(10-11-24(20)36)32-29-31-19-23-27(34-29)38(37(28(23)39)22-6-3-4-7-22)26-9-5-8-25(33-26)30(40)13-14-30/h3,5-6,8-12,15,18-19,22,40H,4,7,13-14,16-17H2,1-2H3,(H,31,32,34). The van der Waals surface area contributed by atoms with Crippen molar-refractivity contribution in [1.82, 2.24) is 33.8 Å². The second-order valence-electron chi connectivity index (χ2n) is 11.1. The zero-order valence-electron chi connectivity index (χ0n) is 22.7. The van der Waals surface area contributed by atoms with Gasteiger partial charge in [-0.15, -0.1) is 0 Å². The van der Waals surface area contributed by atoms with E-state index < -0.39 is 5.60 Å². The van der Waals surface area contributed by atoms with E-state index >= 15 is 0 Å². The summed E-state index contributed by atoms with van der Waals surface area (Å²) < 4.78 is 5.76. The Hall–Kier alpha value is -4.28. The van der Waals surface area contributed by atoms with Crippen LogP contribution in [0.4, 0.5) is 11.6 Å². The molecule has 1 fully saturated rings. The lowest BCUT2D eigenvalue weighted by atomic mass is 10.2. The summed E-state index contributed by atoms with van der Waals surface area (Å²) in [5.74, 6) is 0.944. The molecule has 0 aliphatic heterocycles. The highest BCUT2D eigenvalue weighted by molar-refractivity contribution is 5.85. The fourth-order valence-corrected chi connectivity index (χ4v) is 5.48. The SMILES string of the molecule is CN(C)CCn1ccc2cc(Nc3ncc4c(=O)n(C5C=CCC5)n(-c5cccc(C6(O)CC6)n5)c4n3)ccc21. The molecule has 1 unspecified atom stereocenters. The normalized spacial score (nSPS) is 17.9. The molecule has 204 valence electrons. The highest BCUT2D eigenvalue weighted by atomic mass is 16.3. The van der Waals surface area contributed by atoms with Crippen molar-refractivity contribution in [1.29, 1.82) is 0 Å². The van der Waals surface area contributed by atoms with Crippen LogP contribution in [0.15, 0.2) is 71.8 Å². The van der Waals surface area contributed by atoms with E-state index in [0.717, 1.165) is 37.0 Å². The van der Waals surface area contributed by atoms with E-state index in [9.17, 15) is 9.90 Å². The third-order valence-corrected chi connectivity index (χ3v) is 7.89. The number of aromatic nitrogens is 6. The van der Waals surface area contributed by atoms with Crippen molar-refractivity contribution in [3.8, 4) is 5.82 Å². The lowest BCUT2D eigenvalue weighted by Gasteiger charge is -2.17. The number of benzene rings is 1. The number of pyridine rings is 1. The summed E-state index contributed by atoms with van der Waals surface area (Å²) in [5, 5.41) is 15.6. The Morgan fingerprint density at radius 2 is 2.02 bits per heavy atom. The molecular weight excluding hydrogens is 504 g/mol. The van der Waals surface area contributed by atoms with Crippen LogP contribution in [-0.2, 0) is 12.1 Å². The smallest absolute Gasteiger partial charge is 0.278 e. The number of hydrogen-bond acceptors (Lipinski definition) is 7. The maximum absolute atomic E-state index is 13.6. The van der Waals surface area contributed by atoms with E-state index in [1.165, 1.54) is 5.52 Å². The summed E-state index contributed by atoms with van der Waals surface area (Å²) in [7, 11) is 4.15. The minimum absolute atomic E-state index is 0.105. The number of hydrogen-bond donors (Lipinski definition) is 2. The monoisotopic (exact) mass is 536 g/mol. The third kappa shape index (κ3) is 4.29. The zero-order chi connectivity index (χ0) is 27.4. The van der Waals surface area contributed by atoms with Crippen molar-refractivity contribution in [2.45, 2.75) is 43.9 Å². The van der Waals surface area contributed by atoms with Gasteiger partial charge in [0, 0.05) is 42.1 Å². The van der Waals surface area contributed by atoms with Crippen LogP contribution < -0.4 is 10.9 Å². The molecular formula is C30H32N8O2. The predicted molar refractivity (Wildman–Crippen MR) is 155 cm³/mol. The highest BCUT2D eigenvalue weighted by Gasteiger charge is 2.43. The fraction of sp³-hybridized carbons (Fsp3) is 0.333. The van der Waals surface area contributed by atoms with Gasteiger partial charge in [-0.25, -0.2) is 19.3 Å². The minimum Gasteiger partial charge on any atom is -0.384 e. The predicted octanol–water partition coefficient (Wildman–Crippen LogP) is 4.11. The Labute approximate surface area is 231 Å². The molecule has 0 saturated heterocycles. The van der Waals surface area contributed by atoms with Gasteiger partial charge < -0.3 is 19.9 Å². The first-order chi connectivity index (χ1) is 19.4. The quantitative estimate of drug-likeness (QED) is 0.288. The molecule has 2 N–H and O–H groups in total. The molecule has 1 atom stereocenters. The van der Waals surface area contributed by atoms with E-state index in [-0.39, 0.29) is 11.6 Å². The molecule has 0 bridgehead atoms. The van der Waals surface area contributed by atoms with Crippen LogP contribution in [0.1, 0.15) is 37.4 Å². The van der Waals surface area contributed by atoms with Gasteiger partial charge in [0.15, 0.2) is 11.5 Å². The van der Waals surface area contributed by atoms with Gasteiger partial charge in [-0.05, 0) is 76.2 Å². The van der Waals surface area contributed by atoms with Crippen molar-refractivity contribution >= 4 is 33.6 Å². The number of nitrogens with zero attached hydrogens (tertiary/aromatic N) is 7. The van der Waals surface area contributed by atoms with Gasteiger partial charge in [0.1, 0.15) is 11.0 Å². The lowest BCUT2D eigenvalue weighted by molar-refractivity contribution is 0.146. The molecule has 40 heavy (non-hydrogen) atoms. The number of fused-ring (bicyclic) bond motifs is 2. The van der Waals surface area contributed by atoms with E-state index in [1.54, 1.807) is 15.6 Å². The Bertz CT molecular complexity index is 1820. The summed E-state index contributed by atoms with van der Waals surface area (Å²) in [4.78, 5) is 29.9. The largest absolute Gasteiger partial charge is 0.384 e. The Morgan fingerprint density at radius 3 is 2.80 bits per heavy atom. The molecule has 2 aliphatic rings. The van der Waals surface area contributed by atoms with Crippen LogP contribution in [0.3, 0.4) is 0 Å². The molecule has 10 nitrogen and oxygen atoms in total. The van der Waals surface area contributed by atoms with Gasteiger partial charge in [0.05, 0.1) is 11.7 Å². The zero-order valence-corrected chi connectivity index (χ0v) is 22.7. The molecule has 2 aliphatic carbocycles. The first kappa shape index (κ1) is 24.7. The van der Waals surface area contributed by atoms with Gasteiger partial charge >= 0.3 is 0 Å². The summed E-state index contributed by atoms with van der Waals surface area (Å²) >= 11 is 0. The Morgan fingerprint density at radius 1 is 1.15 bits per heavy atom. The first-order valence-electron chi connectivity index (χ1n) is 13.8. The van der Waals surface area contributed by atoms with Crippen molar-refractivity contribution in [3.63, 3.8) is 0 Å². The molecule has 1 saturated carbocycles. The average Bonchev–Trinajstić information content (AvgIpc) is 3.28. The Kier molecular flexibility index (Phi) is 5.83. The van der Waals surface area contributed by atoms with Gasteiger partial charge in [-0.1, -0.05) is 18.2 Å². The molecule has 1 aromatic carbocycles. The summed E-state index contributed by atoms with van der Waals surface area (Å²) in [6.45, 7) is 1.88. The van der Waals surface area contributed by atoms with Gasteiger partial charge in [0.25, 0.3) is 5.56 Å². The van der Waals surface area contributed by atoms with Crippen molar-refractivity contribution < 1.29 is 5.11 Å². The first-order valence-corrected chi connectivity index (χ1v) is 13.8. The van der Waals surface area contributed by atoms with Crippen LogP contribution in [-0.4, -0.2) is 59.5 Å². The van der Waals surface area contributed by atoms with Gasteiger partial charge in [-0.2, -0.15) is 4.98 Å². The van der Waals surface area contributed by atoms with E-state index in [4.69, 9.17) is 9.97 Å². The molecule has 0 radical (unpaired) electrons. The number of rotatable bonds is 8. The molecule has 0 amide bonds. The van der Waals surface area contributed by atoms with Crippen LogP contribution in [0.5, 0.6) is 0 Å². The number of aliphatic hydroxyl groups is 1. The second-order valence-corrected chi connectivity index (χ2v) is 11.1. The second kappa shape index (κ2) is 9.42. The maximum Gasteiger partial charge on any atom is 0.278 e. The number of likely N-dealkylation sites (N-methyl/N-ethyl adjacent to an activating group) is 1. The fourth-order valence-electron chi connectivity index (χ4n) is 5.48. The average molecular weight is 537 g/mol. The van der Waals surface area contributed by atoms with Crippen molar-refractivity contribution in [2.24, 2.45) is 0 Å². The molecule has 10 heteroatoms. The molecule has 5 aromatic rings. The van der Waals surface area contributed by atoms with E-state index in [1.807, 2.05) is 24.3 Å². The molecule has 7 rings (SSSR count). The van der Waals surface area contributed by atoms with Crippen LogP contribution in [0, 0.1) is 0 Å². The van der Waals surface area contributed by atoms with E-state index in [0.29, 0.717) is 41.3 Å². The maximum atomic E-state index is 13.6. The minimum atomic E-state index is -0.886.